The van der Waals surface area contributed by atoms with Gasteiger partial charge in [0, 0.05) is 43.9 Å². The number of aryl methyl sites for hydroxylation is 1. The lowest BCUT2D eigenvalue weighted by atomic mass is 10.1. The van der Waals surface area contributed by atoms with Gasteiger partial charge in [0.2, 0.25) is 11.8 Å². The van der Waals surface area contributed by atoms with Crippen LogP contribution in [0.3, 0.4) is 0 Å². The number of nitrogens with zero attached hydrogens (tertiary/aromatic N) is 4. The molecule has 2 aliphatic rings. The smallest absolute Gasteiger partial charge is 0.254 e. The fourth-order valence-electron chi connectivity index (χ4n) is 4.38. The number of anilines is 1. The van der Waals surface area contributed by atoms with Gasteiger partial charge in [-0.15, -0.1) is 0 Å². The highest BCUT2D eigenvalue weighted by molar-refractivity contribution is 7.99. The van der Waals surface area contributed by atoms with Crippen molar-refractivity contribution in [2.24, 2.45) is 0 Å². The number of halogens is 1. The summed E-state index contributed by atoms with van der Waals surface area (Å²) in [6.07, 6.45) is 2.44. The molecule has 2 fully saturated rings. The number of thioether (sulfide) groups is 1. The first-order valence-corrected chi connectivity index (χ1v) is 13.5. The minimum Gasteiger partial charge on any atom is -0.354 e. The summed E-state index contributed by atoms with van der Waals surface area (Å²) in [6.45, 7) is 6.43. The number of hydrogen-bond donors (Lipinski definition) is 2. The van der Waals surface area contributed by atoms with Crippen LogP contribution in [-0.4, -0.2) is 76.6 Å². The van der Waals surface area contributed by atoms with E-state index in [4.69, 9.17) is 11.6 Å². The predicted octanol–water partition coefficient (Wildman–Crippen LogP) is 2.67. The van der Waals surface area contributed by atoms with E-state index < -0.39 is 6.04 Å². The zero-order chi connectivity index (χ0) is 25.7. The average molecular weight is 531 g/mol. The van der Waals surface area contributed by atoms with Crippen LogP contribution in [0.1, 0.15) is 42.1 Å². The molecule has 192 valence electrons. The Kier molecular flexibility index (Phi) is 8.68. The van der Waals surface area contributed by atoms with Gasteiger partial charge in [0.15, 0.2) is 5.16 Å². The minimum absolute atomic E-state index is 0.0195. The molecule has 0 saturated carbocycles. The van der Waals surface area contributed by atoms with Gasteiger partial charge in [-0.1, -0.05) is 41.1 Å². The molecular weight excluding hydrogens is 500 g/mol. The van der Waals surface area contributed by atoms with Gasteiger partial charge in [0.05, 0.1) is 5.75 Å². The second kappa shape index (κ2) is 11.9. The molecule has 3 heterocycles. The largest absolute Gasteiger partial charge is 0.354 e. The van der Waals surface area contributed by atoms with Gasteiger partial charge in [0.1, 0.15) is 17.0 Å². The number of carbonyl (C=O) groups is 3. The second-order valence-corrected chi connectivity index (χ2v) is 10.5. The summed E-state index contributed by atoms with van der Waals surface area (Å²) in [4.78, 5) is 50.3. The third kappa shape index (κ3) is 6.67. The van der Waals surface area contributed by atoms with Crippen molar-refractivity contribution in [3.8, 4) is 0 Å². The lowest BCUT2D eigenvalue weighted by Crippen LogP contribution is -2.54. The Balaban J connectivity index is 1.35. The standard InChI is InChI=1S/C25H31ClN6O3S/c1-16-6-8-18(9-7-16)24(35)32-12-11-31(14-17(32)2)21-13-20(26)29-25(30-21)36-15-22(33)28-19-5-3-4-10-27-23(19)34/h6-9,13,17,19H,3-5,10-12,14-15H2,1-2H3,(H,27,34)(H,28,33). The molecule has 11 heteroatoms. The molecule has 2 aromatic rings. The fourth-order valence-corrected chi connectivity index (χ4v) is 5.28. The van der Waals surface area contributed by atoms with Crippen molar-refractivity contribution in [2.45, 2.75) is 50.4 Å². The van der Waals surface area contributed by atoms with E-state index >= 15 is 0 Å². The minimum atomic E-state index is -0.503. The zero-order valence-electron chi connectivity index (χ0n) is 20.5. The number of amides is 3. The Labute approximate surface area is 220 Å². The SMILES string of the molecule is Cc1ccc(C(=O)N2CCN(c3cc(Cl)nc(SCC(=O)NC4CCCCNC4=O)n3)CC2C)cc1. The molecule has 4 rings (SSSR count). The topological polar surface area (TPSA) is 108 Å². The van der Waals surface area contributed by atoms with Crippen molar-refractivity contribution in [3.63, 3.8) is 0 Å². The Morgan fingerprint density at radius 1 is 1.19 bits per heavy atom. The summed E-state index contributed by atoms with van der Waals surface area (Å²) in [7, 11) is 0. The van der Waals surface area contributed by atoms with Crippen molar-refractivity contribution in [3.05, 3.63) is 46.6 Å². The highest BCUT2D eigenvalue weighted by atomic mass is 35.5. The first-order chi connectivity index (χ1) is 17.3. The van der Waals surface area contributed by atoms with E-state index in [9.17, 15) is 14.4 Å². The summed E-state index contributed by atoms with van der Waals surface area (Å²) >= 11 is 7.46. The van der Waals surface area contributed by atoms with Gasteiger partial charge in [-0.3, -0.25) is 14.4 Å². The second-order valence-electron chi connectivity index (χ2n) is 9.19. The van der Waals surface area contributed by atoms with Crippen LogP contribution in [0.15, 0.2) is 35.5 Å². The summed E-state index contributed by atoms with van der Waals surface area (Å²) in [6, 6.07) is 8.80. The quantitative estimate of drug-likeness (QED) is 0.336. The van der Waals surface area contributed by atoms with Crippen LogP contribution in [0.4, 0.5) is 5.82 Å². The number of rotatable bonds is 6. The number of carbonyl (C=O) groups excluding carboxylic acids is 3. The summed E-state index contributed by atoms with van der Waals surface area (Å²) in [5, 5.41) is 6.30. The maximum atomic E-state index is 13.0. The van der Waals surface area contributed by atoms with Crippen LogP contribution in [0.25, 0.3) is 0 Å². The van der Waals surface area contributed by atoms with Crippen molar-refractivity contribution in [2.75, 3.05) is 36.8 Å². The van der Waals surface area contributed by atoms with E-state index in [0.29, 0.717) is 49.1 Å². The number of aromatic nitrogens is 2. The first-order valence-electron chi connectivity index (χ1n) is 12.2. The van der Waals surface area contributed by atoms with Crippen LogP contribution in [0, 0.1) is 6.92 Å². The normalized spacial score (nSPS) is 20.5. The van der Waals surface area contributed by atoms with Gasteiger partial charge in [-0.2, -0.15) is 0 Å². The van der Waals surface area contributed by atoms with Gasteiger partial charge < -0.3 is 20.4 Å². The molecule has 36 heavy (non-hydrogen) atoms. The molecule has 3 amide bonds. The van der Waals surface area contributed by atoms with Gasteiger partial charge in [-0.25, -0.2) is 9.97 Å². The highest BCUT2D eigenvalue weighted by Gasteiger charge is 2.29. The molecule has 2 N–H and O–H groups in total. The van der Waals surface area contributed by atoms with Gasteiger partial charge in [-0.05, 0) is 45.2 Å². The van der Waals surface area contributed by atoms with Crippen molar-refractivity contribution < 1.29 is 14.4 Å². The Morgan fingerprint density at radius 3 is 2.72 bits per heavy atom. The Morgan fingerprint density at radius 2 is 1.97 bits per heavy atom. The Bertz CT molecular complexity index is 1120. The molecule has 2 saturated heterocycles. The zero-order valence-corrected chi connectivity index (χ0v) is 22.1. The molecule has 2 atom stereocenters. The van der Waals surface area contributed by atoms with Crippen molar-refractivity contribution in [1.82, 2.24) is 25.5 Å². The molecule has 2 unspecified atom stereocenters. The van der Waals surface area contributed by atoms with Crippen LogP contribution >= 0.6 is 23.4 Å². The number of nitrogens with one attached hydrogen (secondary N) is 2. The summed E-state index contributed by atoms with van der Waals surface area (Å²) < 4.78 is 0. The molecule has 2 aliphatic heterocycles. The monoisotopic (exact) mass is 530 g/mol. The van der Waals surface area contributed by atoms with Gasteiger partial charge in [0.25, 0.3) is 5.91 Å². The summed E-state index contributed by atoms with van der Waals surface area (Å²) in [5.41, 5.74) is 1.80. The third-order valence-corrected chi connectivity index (χ3v) is 7.42. The molecule has 0 bridgehead atoms. The molecular formula is C25H31ClN6O3S. The molecule has 0 spiro atoms. The van der Waals surface area contributed by atoms with Crippen LogP contribution in [0.5, 0.6) is 0 Å². The third-order valence-electron chi connectivity index (χ3n) is 6.37. The van der Waals surface area contributed by atoms with E-state index in [2.05, 4.69) is 25.5 Å². The fraction of sp³-hybridized carbons (Fsp3) is 0.480. The molecule has 0 aliphatic carbocycles. The summed E-state index contributed by atoms with van der Waals surface area (Å²) in [5.74, 6) is 0.381. The van der Waals surface area contributed by atoms with E-state index in [0.717, 1.165) is 18.4 Å². The van der Waals surface area contributed by atoms with E-state index in [1.54, 1.807) is 6.07 Å². The van der Waals surface area contributed by atoms with E-state index in [1.165, 1.54) is 11.8 Å². The van der Waals surface area contributed by atoms with Crippen molar-refractivity contribution in [1.29, 1.82) is 0 Å². The molecule has 9 nitrogen and oxygen atoms in total. The number of piperazine rings is 1. The van der Waals surface area contributed by atoms with Crippen LogP contribution in [0.2, 0.25) is 5.15 Å². The van der Waals surface area contributed by atoms with Crippen LogP contribution < -0.4 is 15.5 Å². The lowest BCUT2D eigenvalue weighted by Gasteiger charge is -2.40. The predicted molar refractivity (Wildman–Crippen MR) is 140 cm³/mol. The van der Waals surface area contributed by atoms with Crippen molar-refractivity contribution >= 4 is 46.9 Å². The molecule has 1 aromatic heterocycles. The first kappa shape index (κ1) is 26.2. The van der Waals surface area contributed by atoms with E-state index in [1.807, 2.05) is 43.0 Å². The maximum absolute atomic E-state index is 13.0. The molecule has 0 radical (unpaired) electrons. The van der Waals surface area contributed by atoms with E-state index in [-0.39, 0.29) is 34.7 Å². The highest BCUT2D eigenvalue weighted by Crippen LogP contribution is 2.25. The number of hydrogen-bond acceptors (Lipinski definition) is 7. The van der Waals surface area contributed by atoms with Crippen LogP contribution in [-0.2, 0) is 9.59 Å². The van der Waals surface area contributed by atoms with Gasteiger partial charge >= 0.3 is 0 Å². The molecule has 1 aromatic carbocycles. The maximum Gasteiger partial charge on any atom is 0.254 e. The lowest BCUT2D eigenvalue weighted by molar-refractivity contribution is -0.127. The number of benzene rings is 1. The average Bonchev–Trinajstić information content (AvgIpc) is 3.06. The Hall–Kier alpha value is -2.85.